The molecule has 7 aliphatic carbocycles. The van der Waals surface area contributed by atoms with Gasteiger partial charge in [0.15, 0.2) is 0 Å². The van der Waals surface area contributed by atoms with Crippen LogP contribution in [0.4, 0.5) is 0 Å². The van der Waals surface area contributed by atoms with Crippen LogP contribution in [-0.2, 0) is 0 Å². The highest BCUT2D eigenvalue weighted by Gasteiger charge is 2.69. The zero-order chi connectivity index (χ0) is 23.0. The second-order valence-corrected chi connectivity index (χ2v) is 13.8. The summed E-state index contributed by atoms with van der Waals surface area (Å²) in [5, 5.41) is 0. The Kier molecular flexibility index (Phi) is 5.50. The summed E-state index contributed by atoms with van der Waals surface area (Å²) in [6, 6.07) is 0. The Labute approximate surface area is 200 Å². The van der Waals surface area contributed by atoms with Gasteiger partial charge in [0.25, 0.3) is 0 Å². The number of fused-ring (bicyclic) bond motifs is 14. The van der Waals surface area contributed by atoms with Crippen molar-refractivity contribution in [2.75, 3.05) is 0 Å². The summed E-state index contributed by atoms with van der Waals surface area (Å²) in [6.45, 7) is 18.7. The molecule has 4 fully saturated rings. The molecule has 0 amide bonds. The molecule has 0 nitrogen and oxygen atoms in total. The molecular weight excluding hydrogens is 384 g/mol. The fourth-order valence-electron chi connectivity index (χ4n) is 9.10. The normalized spacial score (nSPS) is 47.6. The van der Waals surface area contributed by atoms with Crippen LogP contribution in [0.15, 0.2) is 47.6 Å². The summed E-state index contributed by atoms with van der Waals surface area (Å²) < 4.78 is 0. The third-order valence-electron chi connectivity index (χ3n) is 12.0. The minimum absolute atomic E-state index is 0. The Morgan fingerprint density at radius 3 is 1.59 bits per heavy atom. The summed E-state index contributed by atoms with van der Waals surface area (Å²) in [5.74, 6) is 9.88. The van der Waals surface area contributed by atoms with E-state index in [9.17, 15) is 0 Å². The van der Waals surface area contributed by atoms with E-state index >= 15 is 0 Å². The van der Waals surface area contributed by atoms with Crippen LogP contribution in [0.25, 0.3) is 0 Å². The van der Waals surface area contributed by atoms with Gasteiger partial charge in [0, 0.05) is 1.43 Å². The lowest BCUT2D eigenvalue weighted by atomic mass is 9.52. The molecule has 0 spiro atoms. The van der Waals surface area contributed by atoms with Crippen LogP contribution < -0.4 is 0 Å². The van der Waals surface area contributed by atoms with E-state index in [4.69, 9.17) is 0 Å². The van der Waals surface area contributed by atoms with E-state index in [1.807, 2.05) is 0 Å². The van der Waals surface area contributed by atoms with Gasteiger partial charge in [-0.05, 0) is 123 Å². The molecule has 4 saturated carbocycles. The molecule has 6 bridgehead atoms. The molecule has 0 aliphatic heterocycles. The first-order chi connectivity index (χ1) is 15.0. The van der Waals surface area contributed by atoms with Gasteiger partial charge < -0.3 is 0 Å². The topological polar surface area (TPSA) is 0 Å². The lowest BCUT2D eigenvalue weighted by Crippen LogP contribution is -2.47. The molecule has 0 heteroatoms. The highest BCUT2D eigenvalue weighted by molar-refractivity contribution is 5.25. The molecule has 0 aromatic heterocycles. The van der Waals surface area contributed by atoms with Crippen LogP contribution in [0.2, 0.25) is 0 Å². The minimum atomic E-state index is 0. The zero-order valence-corrected chi connectivity index (χ0v) is 22.1. The molecule has 10 atom stereocenters. The van der Waals surface area contributed by atoms with E-state index in [1.165, 1.54) is 36.8 Å². The van der Waals surface area contributed by atoms with Crippen LogP contribution in [0.1, 0.15) is 82.5 Å². The predicted molar refractivity (Wildman–Crippen MR) is 140 cm³/mol. The molecule has 32 heavy (non-hydrogen) atoms. The molecule has 10 unspecified atom stereocenters. The van der Waals surface area contributed by atoms with Crippen molar-refractivity contribution in [1.29, 1.82) is 0 Å². The molecule has 0 heterocycles. The van der Waals surface area contributed by atoms with Crippen molar-refractivity contribution in [3.8, 4) is 0 Å². The maximum atomic E-state index is 2.55. The largest absolute Gasteiger partial charge is 0.0879 e. The van der Waals surface area contributed by atoms with E-state index in [1.54, 1.807) is 0 Å². The van der Waals surface area contributed by atoms with Gasteiger partial charge in [0.1, 0.15) is 0 Å². The molecular formula is C32H50. The van der Waals surface area contributed by atoms with E-state index < -0.39 is 0 Å². The Hall–Kier alpha value is -1.04. The monoisotopic (exact) mass is 435 g/mol. The van der Waals surface area contributed by atoms with Gasteiger partial charge in [-0.15, -0.1) is 0 Å². The molecule has 7 aliphatic rings. The highest BCUT2D eigenvalue weighted by atomic mass is 14.7. The minimum Gasteiger partial charge on any atom is -0.0879 e. The Morgan fingerprint density at radius 1 is 0.625 bits per heavy atom. The first kappa shape index (κ1) is 22.7. The first-order valence-electron chi connectivity index (χ1n) is 13.7. The van der Waals surface area contributed by atoms with Crippen molar-refractivity contribution in [2.45, 2.75) is 81.1 Å². The third-order valence-corrected chi connectivity index (χ3v) is 12.0. The molecule has 0 aromatic carbocycles. The Bertz CT molecular complexity index is 815. The van der Waals surface area contributed by atoms with E-state index in [0.717, 1.165) is 59.2 Å². The molecule has 0 radical (unpaired) electrons. The van der Waals surface area contributed by atoms with Crippen molar-refractivity contribution in [3.05, 3.63) is 47.6 Å². The fourth-order valence-corrected chi connectivity index (χ4v) is 9.10. The van der Waals surface area contributed by atoms with Crippen molar-refractivity contribution in [3.63, 3.8) is 0 Å². The van der Waals surface area contributed by atoms with Gasteiger partial charge in [-0.3, -0.25) is 0 Å². The summed E-state index contributed by atoms with van der Waals surface area (Å²) >= 11 is 0. The van der Waals surface area contributed by atoms with E-state index in [2.05, 4.69) is 91.8 Å². The molecule has 0 saturated heterocycles. The standard InChI is InChI=1S/C16H24.C10H12.C6H12.H2/c1-15(2)11-8-12(16(15,3)4)14-10-6-5-9(7-10)13(11)14;1-2-9-7-4-5-8(6-7)10(9)3-1;1-5(2)6(3)4;/h5-6,9-14H,7-8H2,1-4H3;1-2,4-5,7-10H,3,6H2;1-4H3;1H/i;;;1+1. The lowest BCUT2D eigenvalue weighted by Gasteiger charge is -2.52. The smallest absolute Gasteiger partial charge is 0 e. The molecule has 0 N–H and O–H groups in total. The second kappa shape index (κ2) is 7.74. The van der Waals surface area contributed by atoms with Gasteiger partial charge in [0.2, 0.25) is 0 Å². The summed E-state index contributed by atoms with van der Waals surface area (Å²) in [4.78, 5) is 0. The van der Waals surface area contributed by atoms with Crippen LogP contribution >= 0.6 is 0 Å². The molecule has 0 aromatic rings. The number of hydrogen-bond acceptors (Lipinski definition) is 0. The van der Waals surface area contributed by atoms with Crippen LogP contribution in [-0.4, -0.2) is 0 Å². The van der Waals surface area contributed by atoms with Gasteiger partial charge in [-0.25, -0.2) is 0 Å². The third kappa shape index (κ3) is 3.21. The van der Waals surface area contributed by atoms with Gasteiger partial charge >= 0.3 is 0 Å². The van der Waals surface area contributed by atoms with Gasteiger partial charge in [-0.1, -0.05) is 75.3 Å². The second-order valence-electron chi connectivity index (χ2n) is 13.8. The summed E-state index contributed by atoms with van der Waals surface area (Å²) in [7, 11) is 0. The molecule has 178 valence electrons. The van der Waals surface area contributed by atoms with E-state index in [0.29, 0.717) is 10.8 Å². The number of allylic oxidation sites excluding steroid dienone is 8. The Balaban J connectivity index is 0.000000131. The Morgan fingerprint density at radius 2 is 1.09 bits per heavy atom. The number of hydrogen-bond donors (Lipinski definition) is 0. The van der Waals surface area contributed by atoms with Crippen LogP contribution in [0.5, 0.6) is 0 Å². The zero-order valence-electron chi connectivity index (χ0n) is 22.1. The van der Waals surface area contributed by atoms with Crippen molar-refractivity contribution < 1.29 is 1.43 Å². The highest BCUT2D eigenvalue weighted by Crippen LogP contribution is 2.76. The van der Waals surface area contributed by atoms with Crippen LogP contribution in [0, 0.1) is 70.0 Å². The average Bonchev–Trinajstić information content (AvgIpc) is 3.55. The van der Waals surface area contributed by atoms with Gasteiger partial charge in [0.05, 0.1) is 0 Å². The maximum Gasteiger partial charge on any atom is 0 e. The summed E-state index contributed by atoms with van der Waals surface area (Å²) in [6.07, 6.45) is 20.6. The van der Waals surface area contributed by atoms with Crippen molar-refractivity contribution in [1.82, 2.24) is 0 Å². The maximum absolute atomic E-state index is 2.55. The average molecular weight is 436 g/mol. The molecule has 7 rings (SSSR count). The van der Waals surface area contributed by atoms with Crippen molar-refractivity contribution in [2.24, 2.45) is 70.0 Å². The number of rotatable bonds is 0. The van der Waals surface area contributed by atoms with Crippen LogP contribution in [0.3, 0.4) is 0 Å². The predicted octanol–water partition coefficient (Wildman–Crippen LogP) is 9.12. The van der Waals surface area contributed by atoms with Crippen molar-refractivity contribution >= 4 is 0 Å². The fraction of sp³-hybridized carbons (Fsp3) is 0.750. The van der Waals surface area contributed by atoms with E-state index in [-0.39, 0.29) is 1.43 Å². The van der Waals surface area contributed by atoms with Gasteiger partial charge in [-0.2, -0.15) is 0 Å². The lowest BCUT2D eigenvalue weighted by molar-refractivity contribution is -0.0349. The first-order valence-corrected chi connectivity index (χ1v) is 13.7. The summed E-state index contributed by atoms with van der Waals surface area (Å²) in [5.41, 5.74) is 3.99. The SMILES string of the molecule is C1=CC2C3C=CC(C3)C2C1.CC(C)=C(C)C.CC1(C)C2CC(C3C4C=CC(C4)C32)C1(C)C.[2HH]. The quantitative estimate of drug-likeness (QED) is 0.263.